The summed E-state index contributed by atoms with van der Waals surface area (Å²) in [4.78, 5) is 12.2. The van der Waals surface area contributed by atoms with Gasteiger partial charge in [0.05, 0.1) is 0 Å². The van der Waals surface area contributed by atoms with E-state index in [2.05, 4.69) is 17.6 Å². The van der Waals surface area contributed by atoms with Crippen LogP contribution in [0, 0.1) is 5.41 Å². The summed E-state index contributed by atoms with van der Waals surface area (Å²) in [5.41, 5.74) is -0.0292. The van der Waals surface area contributed by atoms with Crippen LogP contribution in [0.3, 0.4) is 0 Å². The lowest BCUT2D eigenvalue weighted by atomic mass is 9.82. The van der Waals surface area contributed by atoms with Crippen molar-refractivity contribution in [2.75, 3.05) is 13.1 Å². The lowest BCUT2D eigenvalue weighted by Crippen LogP contribution is -2.44. The molecule has 16 heavy (non-hydrogen) atoms. The molecule has 1 aliphatic carbocycles. The Morgan fingerprint density at radius 2 is 2.12 bits per heavy atom. The van der Waals surface area contributed by atoms with E-state index in [0.717, 1.165) is 32.4 Å². The summed E-state index contributed by atoms with van der Waals surface area (Å²) in [6, 6.07) is 0.513. The third kappa shape index (κ3) is 2.40. The normalized spacial score (nSPS) is 28.2. The molecule has 1 atom stereocenters. The molecule has 1 heterocycles. The molecule has 3 heteroatoms. The first-order chi connectivity index (χ1) is 7.77. The first-order valence-electron chi connectivity index (χ1n) is 6.78. The van der Waals surface area contributed by atoms with Gasteiger partial charge in [-0.3, -0.25) is 4.79 Å². The third-order valence-corrected chi connectivity index (χ3v) is 4.39. The van der Waals surface area contributed by atoms with E-state index in [1.165, 1.54) is 25.7 Å². The molecule has 2 N–H and O–H groups in total. The van der Waals surface area contributed by atoms with Crippen LogP contribution in [-0.4, -0.2) is 25.0 Å². The van der Waals surface area contributed by atoms with Crippen molar-refractivity contribution in [2.45, 2.75) is 57.9 Å². The fourth-order valence-electron chi connectivity index (χ4n) is 3.13. The van der Waals surface area contributed by atoms with Crippen molar-refractivity contribution >= 4 is 5.91 Å². The Hall–Kier alpha value is -0.570. The molecule has 0 spiro atoms. The van der Waals surface area contributed by atoms with Crippen molar-refractivity contribution in [3.8, 4) is 0 Å². The maximum atomic E-state index is 12.2. The van der Waals surface area contributed by atoms with E-state index in [4.69, 9.17) is 0 Å². The van der Waals surface area contributed by atoms with Gasteiger partial charge in [0, 0.05) is 18.0 Å². The van der Waals surface area contributed by atoms with Gasteiger partial charge in [-0.05, 0) is 38.6 Å². The fraction of sp³-hybridized carbons (Fsp3) is 0.923. The summed E-state index contributed by atoms with van der Waals surface area (Å²) < 4.78 is 0. The predicted octanol–water partition coefficient (Wildman–Crippen LogP) is 1.82. The van der Waals surface area contributed by atoms with Gasteiger partial charge in [-0.15, -0.1) is 0 Å². The minimum Gasteiger partial charge on any atom is -0.354 e. The number of nitrogens with one attached hydrogen (secondary N) is 2. The first-order valence-corrected chi connectivity index (χ1v) is 6.78. The van der Waals surface area contributed by atoms with Crippen molar-refractivity contribution in [1.82, 2.24) is 10.6 Å². The zero-order valence-electron chi connectivity index (χ0n) is 10.3. The molecule has 1 saturated carbocycles. The molecule has 1 amide bonds. The van der Waals surface area contributed by atoms with Gasteiger partial charge in [0.25, 0.3) is 0 Å². The second-order valence-electron chi connectivity index (χ2n) is 5.34. The van der Waals surface area contributed by atoms with Crippen LogP contribution in [-0.2, 0) is 4.79 Å². The first kappa shape index (κ1) is 11.9. The second kappa shape index (κ2) is 5.17. The Kier molecular flexibility index (Phi) is 3.85. The molecular weight excluding hydrogens is 200 g/mol. The monoisotopic (exact) mass is 224 g/mol. The molecule has 0 aromatic carbocycles. The van der Waals surface area contributed by atoms with E-state index in [-0.39, 0.29) is 5.41 Å². The van der Waals surface area contributed by atoms with E-state index >= 15 is 0 Å². The second-order valence-corrected chi connectivity index (χ2v) is 5.34. The number of amides is 1. The molecule has 92 valence electrons. The molecule has 2 aliphatic rings. The van der Waals surface area contributed by atoms with Crippen LogP contribution in [0.4, 0.5) is 0 Å². The highest BCUT2D eigenvalue weighted by molar-refractivity contribution is 5.82. The highest BCUT2D eigenvalue weighted by atomic mass is 16.2. The van der Waals surface area contributed by atoms with Gasteiger partial charge < -0.3 is 10.6 Å². The largest absolute Gasteiger partial charge is 0.354 e. The van der Waals surface area contributed by atoms with Crippen LogP contribution in [0.15, 0.2) is 0 Å². The topological polar surface area (TPSA) is 41.1 Å². The lowest BCUT2D eigenvalue weighted by molar-refractivity contribution is -0.131. The molecular formula is C13H24N2O. The molecule has 1 unspecified atom stereocenters. The molecule has 1 aliphatic heterocycles. The van der Waals surface area contributed by atoms with Gasteiger partial charge in [-0.2, -0.15) is 0 Å². The summed E-state index contributed by atoms with van der Waals surface area (Å²) in [6.45, 7) is 4.08. The number of hydrogen-bond acceptors (Lipinski definition) is 2. The minimum atomic E-state index is -0.0292. The van der Waals surface area contributed by atoms with Crippen molar-refractivity contribution < 1.29 is 4.79 Å². The van der Waals surface area contributed by atoms with Crippen molar-refractivity contribution in [2.24, 2.45) is 5.41 Å². The van der Waals surface area contributed by atoms with Gasteiger partial charge >= 0.3 is 0 Å². The molecule has 0 radical (unpaired) electrons. The van der Waals surface area contributed by atoms with Crippen LogP contribution in [0.5, 0.6) is 0 Å². The van der Waals surface area contributed by atoms with Crippen molar-refractivity contribution in [1.29, 1.82) is 0 Å². The van der Waals surface area contributed by atoms with E-state index in [0.29, 0.717) is 11.9 Å². The average Bonchev–Trinajstić information content (AvgIpc) is 2.97. The summed E-state index contributed by atoms with van der Waals surface area (Å²) >= 11 is 0. The van der Waals surface area contributed by atoms with E-state index < -0.39 is 0 Å². The van der Waals surface area contributed by atoms with Crippen molar-refractivity contribution in [3.63, 3.8) is 0 Å². The number of hydrogen-bond donors (Lipinski definition) is 2. The highest BCUT2D eigenvalue weighted by Crippen LogP contribution is 2.41. The highest BCUT2D eigenvalue weighted by Gasteiger charge is 2.39. The zero-order valence-corrected chi connectivity index (χ0v) is 10.3. The van der Waals surface area contributed by atoms with Crippen molar-refractivity contribution in [3.05, 3.63) is 0 Å². The molecule has 0 aromatic rings. The zero-order chi connectivity index (χ0) is 11.4. The van der Waals surface area contributed by atoms with E-state index in [1.54, 1.807) is 0 Å². The smallest absolute Gasteiger partial charge is 0.226 e. The minimum absolute atomic E-state index is 0.0292. The van der Waals surface area contributed by atoms with Gasteiger partial charge in [0.15, 0.2) is 0 Å². The quantitative estimate of drug-likeness (QED) is 0.765. The van der Waals surface area contributed by atoms with Crippen LogP contribution < -0.4 is 10.6 Å². The lowest BCUT2D eigenvalue weighted by Gasteiger charge is -2.26. The maximum Gasteiger partial charge on any atom is 0.226 e. The van der Waals surface area contributed by atoms with E-state index in [9.17, 15) is 4.79 Å². The Balaban J connectivity index is 1.81. The van der Waals surface area contributed by atoms with Crippen LogP contribution in [0.1, 0.15) is 51.9 Å². The molecule has 0 aromatic heterocycles. The number of rotatable bonds is 4. The van der Waals surface area contributed by atoms with Gasteiger partial charge in [-0.25, -0.2) is 0 Å². The number of carbonyl (C=O) groups excluding carboxylic acids is 1. The molecule has 0 bridgehead atoms. The van der Waals surface area contributed by atoms with Crippen LogP contribution in [0.25, 0.3) is 0 Å². The molecule has 3 nitrogen and oxygen atoms in total. The Morgan fingerprint density at radius 1 is 1.38 bits per heavy atom. The van der Waals surface area contributed by atoms with Gasteiger partial charge in [-0.1, -0.05) is 19.8 Å². The van der Waals surface area contributed by atoms with Gasteiger partial charge in [0.1, 0.15) is 0 Å². The summed E-state index contributed by atoms with van der Waals surface area (Å²) in [5, 5.41) is 6.58. The standard InChI is InChI=1S/C13H24N2O/c1-2-13(7-3-4-8-13)12(16)15-10-11-6-5-9-14-11/h11,14H,2-10H2,1H3,(H,15,16). The van der Waals surface area contributed by atoms with Crippen LogP contribution >= 0.6 is 0 Å². The molecule has 2 rings (SSSR count). The van der Waals surface area contributed by atoms with Gasteiger partial charge in [0.2, 0.25) is 5.91 Å². The SMILES string of the molecule is CCC1(C(=O)NCC2CCCN2)CCCC1. The predicted molar refractivity (Wildman–Crippen MR) is 65.2 cm³/mol. The summed E-state index contributed by atoms with van der Waals surface area (Å²) in [6.07, 6.45) is 8.09. The molecule has 1 saturated heterocycles. The molecule has 2 fully saturated rings. The Morgan fingerprint density at radius 3 is 2.69 bits per heavy atom. The summed E-state index contributed by atoms with van der Waals surface area (Å²) in [7, 11) is 0. The fourth-order valence-corrected chi connectivity index (χ4v) is 3.13. The number of carbonyl (C=O) groups is 1. The van der Waals surface area contributed by atoms with E-state index in [1.807, 2.05) is 0 Å². The Labute approximate surface area is 98.4 Å². The Bertz CT molecular complexity index is 240. The van der Waals surface area contributed by atoms with Crippen LogP contribution in [0.2, 0.25) is 0 Å². The summed E-state index contributed by atoms with van der Waals surface area (Å²) in [5.74, 6) is 0.307. The average molecular weight is 224 g/mol. The maximum absolute atomic E-state index is 12.2. The third-order valence-electron chi connectivity index (χ3n) is 4.39.